The molecule has 1 aliphatic rings. The lowest BCUT2D eigenvalue weighted by Crippen LogP contribution is -2.31. The van der Waals surface area contributed by atoms with Gasteiger partial charge in [-0.25, -0.2) is 4.98 Å². The smallest absolute Gasteiger partial charge is 0.295 e. The van der Waals surface area contributed by atoms with Crippen molar-refractivity contribution in [1.29, 1.82) is 0 Å². The molecule has 2 heterocycles. The van der Waals surface area contributed by atoms with E-state index in [1.54, 1.807) is 24.4 Å². The topological polar surface area (TPSA) is 70.5 Å². The maximum Gasteiger partial charge on any atom is 0.295 e. The largest absolute Gasteiger partial charge is 0.503 e. The van der Waals surface area contributed by atoms with E-state index in [0.29, 0.717) is 5.82 Å². The quantitative estimate of drug-likeness (QED) is 0.944. The number of hydrogen-bond acceptors (Lipinski definition) is 4. The molecule has 3 rings (SSSR count). The second-order valence-corrected chi connectivity index (χ2v) is 4.99. The van der Waals surface area contributed by atoms with Crippen LogP contribution in [0.5, 0.6) is 0 Å². The zero-order valence-corrected chi connectivity index (χ0v) is 11.9. The van der Waals surface area contributed by atoms with Gasteiger partial charge in [0.05, 0.1) is 11.6 Å². The summed E-state index contributed by atoms with van der Waals surface area (Å²) < 4.78 is 0. The summed E-state index contributed by atoms with van der Waals surface area (Å²) in [4.78, 5) is 29.9. The fourth-order valence-corrected chi connectivity index (χ4v) is 2.65. The van der Waals surface area contributed by atoms with Crippen molar-refractivity contribution < 1.29 is 14.7 Å². The molecule has 22 heavy (non-hydrogen) atoms. The van der Waals surface area contributed by atoms with E-state index in [1.807, 2.05) is 30.3 Å². The van der Waals surface area contributed by atoms with Gasteiger partial charge in [0.2, 0.25) is 0 Å². The number of carbonyl (C=O) groups excluding carboxylic acids is 2. The van der Waals surface area contributed by atoms with E-state index < -0.39 is 17.7 Å². The molecule has 0 bridgehead atoms. The number of benzene rings is 1. The predicted octanol–water partition coefficient (Wildman–Crippen LogP) is 2.57. The average Bonchev–Trinajstić information content (AvgIpc) is 2.81. The minimum absolute atomic E-state index is 0.0989. The van der Waals surface area contributed by atoms with Crippen molar-refractivity contribution in [3.8, 4) is 0 Å². The van der Waals surface area contributed by atoms with E-state index in [0.717, 1.165) is 5.56 Å². The third kappa shape index (κ3) is 2.16. The van der Waals surface area contributed by atoms with Gasteiger partial charge in [-0.1, -0.05) is 36.4 Å². The molecule has 0 aliphatic carbocycles. The Labute approximate surface area is 127 Å². The first-order valence-electron chi connectivity index (χ1n) is 6.85. The lowest BCUT2D eigenvalue weighted by Gasteiger charge is -2.25. The van der Waals surface area contributed by atoms with Crippen LogP contribution in [0.3, 0.4) is 0 Å². The van der Waals surface area contributed by atoms with Crippen molar-refractivity contribution in [2.75, 3.05) is 4.90 Å². The molecule has 0 fully saturated rings. The predicted molar refractivity (Wildman–Crippen MR) is 81.2 cm³/mol. The summed E-state index contributed by atoms with van der Waals surface area (Å²) in [7, 11) is 0. The summed E-state index contributed by atoms with van der Waals surface area (Å²) in [6, 6.07) is 13.6. The van der Waals surface area contributed by atoms with Gasteiger partial charge < -0.3 is 5.11 Å². The molecule has 0 saturated heterocycles. The van der Waals surface area contributed by atoms with Crippen LogP contribution in [0.1, 0.15) is 18.5 Å². The van der Waals surface area contributed by atoms with E-state index in [9.17, 15) is 14.7 Å². The minimum Gasteiger partial charge on any atom is -0.503 e. The first-order chi connectivity index (χ1) is 10.6. The monoisotopic (exact) mass is 294 g/mol. The number of aliphatic hydroxyl groups is 1. The Morgan fingerprint density at radius 1 is 1.14 bits per heavy atom. The standard InChI is InChI=1S/C17H14N2O3/c1-11(20)14-15(12-7-3-2-4-8-12)19(17(22)16(14)21)13-9-5-6-10-18-13/h2-10,15,21H,1H3/t15-/m0/s1. The Morgan fingerprint density at radius 2 is 1.82 bits per heavy atom. The Morgan fingerprint density at radius 3 is 2.41 bits per heavy atom. The van der Waals surface area contributed by atoms with Gasteiger partial charge in [-0.2, -0.15) is 0 Å². The van der Waals surface area contributed by atoms with Crippen LogP contribution in [0.15, 0.2) is 66.1 Å². The van der Waals surface area contributed by atoms with Gasteiger partial charge in [0.15, 0.2) is 11.5 Å². The lowest BCUT2D eigenvalue weighted by atomic mass is 9.97. The normalized spacial score (nSPS) is 18.0. The third-order valence-corrected chi connectivity index (χ3v) is 3.60. The second-order valence-electron chi connectivity index (χ2n) is 4.99. The molecule has 1 atom stereocenters. The number of aromatic nitrogens is 1. The number of carbonyl (C=O) groups is 2. The number of pyridine rings is 1. The number of amides is 1. The fourth-order valence-electron chi connectivity index (χ4n) is 2.65. The highest BCUT2D eigenvalue weighted by Gasteiger charge is 2.43. The second kappa shape index (κ2) is 5.44. The third-order valence-electron chi connectivity index (χ3n) is 3.60. The number of aliphatic hydroxyl groups excluding tert-OH is 1. The first-order valence-corrected chi connectivity index (χ1v) is 6.85. The zero-order chi connectivity index (χ0) is 15.7. The maximum absolute atomic E-state index is 12.4. The summed E-state index contributed by atoms with van der Waals surface area (Å²) in [6.45, 7) is 1.34. The highest BCUT2D eigenvalue weighted by Crippen LogP contribution is 2.39. The molecule has 110 valence electrons. The van der Waals surface area contributed by atoms with E-state index in [-0.39, 0.29) is 11.4 Å². The summed E-state index contributed by atoms with van der Waals surface area (Å²) in [5.41, 5.74) is 0.845. The molecule has 1 aromatic carbocycles. The number of nitrogens with zero attached hydrogens (tertiary/aromatic N) is 2. The van der Waals surface area contributed by atoms with Gasteiger partial charge >= 0.3 is 0 Å². The number of rotatable bonds is 3. The molecule has 1 aliphatic heterocycles. The Bertz CT molecular complexity index is 754. The molecule has 0 unspecified atom stereocenters. The molecular weight excluding hydrogens is 280 g/mol. The van der Waals surface area contributed by atoms with Crippen molar-refractivity contribution in [3.63, 3.8) is 0 Å². The van der Waals surface area contributed by atoms with Crippen molar-refractivity contribution in [3.05, 3.63) is 71.6 Å². The van der Waals surface area contributed by atoms with Crippen LogP contribution in [0.2, 0.25) is 0 Å². The summed E-state index contributed by atoms with van der Waals surface area (Å²) >= 11 is 0. The summed E-state index contributed by atoms with van der Waals surface area (Å²) in [5.74, 6) is -1.06. The van der Waals surface area contributed by atoms with Gasteiger partial charge in [0, 0.05) is 6.20 Å². The van der Waals surface area contributed by atoms with Gasteiger partial charge in [0.1, 0.15) is 5.82 Å². The fraction of sp³-hybridized carbons (Fsp3) is 0.118. The van der Waals surface area contributed by atoms with Crippen molar-refractivity contribution in [2.45, 2.75) is 13.0 Å². The average molecular weight is 294 g/mol. The first kappa shape index (κ1) is 14.0. The van der Waals surface area contributed by atoms with Crippen LogP contribution in [0.4, 0.5) is 5.82 Å². The molecule has 0 saturated carbocycles. The summed E-state index contributed by atoms with van der Waals surface area (Å²) in [5, 5.41) is 10.1. The van der Waals surface area contributed by atoms with Gasteiger partial charge in [-0.3, -0.25) is 14.5 Å². The number of anilines is 1. The molecular formula is C17H14N2O3. The van der Waals surface area contributed by atoms with Crippen LogP contribution in [0.25, 0.3) is 0 Å². The Hall–Kier alpha value is -2.95. The van der Waals surface area contributed by atoms with E-state index in [2.05, 4.69) is 4.98 Å². The van der Waals surface area contributed by atoms with Crippen molar-refractivity contribution in [1.82, 2.24) is 4.98 Å². The van der Waals surface area contributed by atoms with E-state index >= 15 is 0 Å². The van der Waals surface area contributed by atoms with Crippen LogP contribution in [-0.2, 0) is 9.59 Å². The van der Waals surface area contributed by atoms with E-state index in [4.69, 9.17) is 0 Å². The number of ketones is 1. The molecule has 5 heteroatoms. The lowest BCUT2D eigenvalue weighted by molar-refractivity contribution is -0.117. The molecule has 1 amide bonds. The highest BCUT2D eigenvalue weighted by atomic mass is 16.3. The molecule has 1 N–H and O–H groups in total. The Balaban J connectivity index is 2.18. The SMILES string of the molecule is CC(=O)C1=C(O)C(=O)N(c2ccccn2)[C@H]1c1ccccc1. The minimum atomic E-state index is -0.666. The van der Waals surface area contributed by atoms with Gasteiger partial charge in [-0.15, -0.1) is 0 Å². The number of Topliss-reactive ketones (excluding diaryl/α,β-unsaturated/α-hetero) is 1. The highest BCUT2D eigenvalue weighted by molar-refractivity contribution is 6.15. The van der Waals surface area contributed by atoms with Gasteiger partial charge in [0.25, 0.3) is 5.91 Å². The van der Waals surface area contributed by atoms with Crippen molar-refractivity contribution >= 4 is 17.5 Å². The molecule has 5 nitrogen and oxygen atoms in total. The Kier molecular flexibility index (Phi) is 3.47. The van der Waals surface area contributed by atoms with Crippen LogP contribution < -0.4 is 4.90 Å². The summed E-state index contributed by atoms with van der Waals surface area (Å²) in [6.07, 6.45) is 1.56. The van der Waals surface area contributed by atoms with E-state index in [1.165, 1.54) is 11.8 Å². The van der Waals surface area contributed by atoms with Gasteiger partial charge in [-0.05, 0) is 24.6 Å². The number of hydrogen-bond donors (Lipinski definition) is 1. The van der Waals surface area contributed by atoms with Crippen molar-refractivity contribution in [2.24, 2.45) is 0 Å². The van der Waals surface area contributed by atoms with Crippen LogP contribution >= 0.6 is 0 Å². The van der Waals surface area contributed by atoms with Crippen LogP contribution in [-0.4, -0.2) is 21.8 Å². The molecule has 2 aromatic rings. The molecule has 0 radical (unpaired) electrons. The zero-order valence-electron chi connectivity index (χ0n) is 11.9. The molecule has 0 spiro atoms. The van der Waals surface area contributed by atoms with Crippen LogP contribution in [0, 0.1) is 0 Å². The maximum atomic E-state index is 12.4. The molecule has 1 aromatic heterocycles.